The highest BCUT2D eigenvalue weighted by molar-refractivity contribution is 5.94. The van der Waals surface area contributed by atoms with Crippen LogP contribution in [0.3, 0.4) is 0 Å². The standard InChI is InChI=1S/C26H35N5O7/c1-26(2,3)24(36)31-25-29-21-17(22(34)30-25)14-16(15-27-21)10-8-6-7-9-11-19(32)28-18(23(35)38-5)12-13-20(33)37-4/h8,10,14-15,18H,6-7,9,11-13H2,1-5H3,(H,28,32)(H2,27,29,30,31,34,36)/t18-/m0/s1. The molecule has 0 saturated carbocycles. The molecule has 2 aromatic rings. The normalized spacial score (nSPS) is 12.2. The molecule has 0 aliphatic rings. The number of ether oxygens (including phenoxy) is 2. The smallest absolute Gasteiger partial charge is 0.328 e. The maximum atomic E-state index is 12.2. The van der Waals surface area contributed by atoms with Crippen molar-refractivity contribution in [1.82, 2.24) is 20.3 Å². The Morgan fingerprint density at radius 3 is 2.47 bits per heavy atom. The van der Waals surface area contributed by atoms with Crippen LogP contribution in [0.1, 0.15) is 64.9 Å². The summed E-state index contributed by atoms with van der Waals surface area (Å²) in [7, 11) is 2.47. The van der Waals surface area contributed by atoms with Crippen molar-refractivity contribution in [3.05, 3.63) is 23.9 Å². The topological polar surface area (TPSA) is 170 Å². The molecule has 2 rings (SSSR count). The van der Waals surface area contributed by atoms with Crippen molar-refractivity contribution in [1.29, 1.82) is 0 Å². The van der Waals surface area contributed by atoms with Gasteiger partial charge in [0.15, 0.2) is 5.65 Å². The second-order valence-electron chi connectivity index (χ2n) is 9.62. The maximum absolute atomic E-state index is 12.2. The van der Waals surface area contributed by atoms with Crippen LogP contribution in [0.4, 0.5) is 5.95 Å². The van der Waals surface area contributed by atoms with Crippen molar-refractivity contribution in [3.63, 3.8) is 0 Å². The number of aromatic nitrogens is 3. The third-order valence-electron chi connectivity index (χ3n) is 5.48. The summed E-state index contributed by atoms with van der Waals surface area (Å²) in [5, 5.41) is 15.8. The van der Waals surface area contributed by atoms with Crippen molar-refractivity contribution in [2.24, 2.45) is 5.41 Å². The van der Waals surface area contributed by atoms with Gasteiger partial charge in [-0.25, -0.2) is 9.78 Å². The highest BCUT2D eigenvalue weighted by atomic mass is 16.5. The van der Waals surface area contributed by atoms with Gasteiger partial charge in [-0.05, 0) is 37.3 Å². The average molecular weight is 530 g/mol. The van der Waals surface area contributed by atoms with E-state index in [1.807, 2.05) is 12.2 Å². The Morgan fingerprint density at radius 1 is 1.08 bits per heavy atom. The number of amides is 2. The largest absolute Gasteiger partial charge is 0.493 e. The molecule has 0 saturated heterocycles. The van der Waals surface area contributed by atoms with Gasteiger partial charge in [-0.2, -0.15) is 9.97 Å². The van der Waals surface area contributed by atoms with E-state index in [0.717, 1.165) is 12.0 Å². The van der Waals surface area contributed by atoms with Gasteiger partial charge in [-0.15, -0.1) is 0 Å². The Hall–Kier alpha value is -4.09. The number of allylic oxidation sites excluding steroid dienone is 1. The Balaban J connectivity index is 1.85. The molecule has 0 unspecified atom stereocenters. The number of aromatic hydroxyl groups is 1. The van der Waals surface area contributed by atoms with E-state index in [1.54, 1.807) is 33.0 Å². The van der Waals surface area contributed by atoms with E-state index in [0.29, 0.717) is 18.2 Å². The van der Waals surface area contributed by atoms with E-state index in [4.69, 9.17) is 0 Å². The van der Waals surface area contributed by atoms with Gasteiger partial charge in [0.05, 0.1) is 19.6 Å². The SMILES string of the molecule is COC(=O)CC[C@H](NC(=O)CCCCC=Cc1cnc2nc(NC(=O)C(C)(C)C)nc(O)c2c1)C(=O)OC. The fraction of sp³-hybridized carbons (Fsp3) is 0.500. The Labute approximate surface area is 221 Å². The summed E-state index contributed by atoms with van der Waals surface area (Å²) in [6.07, 6.45) is 7.66. The predicted octanol–water partition coefficient (Wildman–Crippen LogP) is 2.90. The lowest BCUT2D eigenvalue weighted by atomic mass is 9.96. The fourth-order valence-corrected chi connectivity index (χ4v) is 3.24. The van der Waals surface area contributed by atoms with Crippen LogP contribution in [0, 0.1) is 5.41 Å². The second kappa shape index (κ2) is 14.0. The zero-order chi connectivity index (χ0) is 28.3. The summed E-state index contributed by atoms with van der Waals surface area (Å²) < 4.78 is 9.25. The van der Waals surface area contributed by atoms with Gasteiger partial charge in [0.2, 0.25) is 23.6 Å². The van der Waals surface area contributed by atoms with Crippen molar-refractivity contribution in [3.8, 4) is 5.88 Å². The molecule has 12 nitrogen and oxygen atoms in total. The Bertz CT molecular complexity index is 1190. The number of esters is 2. The zero-order valence-corrected chi connectivity index (χ0v) is 22.4. The van der Waals surface area contributed by atoms with E-state index in [2.05, 4.69) is 35.1 Å². The molecule has 0 aromatic carbocycles. The molecule has 2 amide bonds. The van der Waals surface area contributed by atoms with Crippen LogP contribution in [0.5, 0.6) is 5.88 Å². The molecule has 0 bridgehead atoms. The van der Waals surface area contributed by atoms with Gasteiger partial charge >= 0.3 is 11.9 Å². The molecule has 2 heterocycles. The molecule has 0 aliphatic heterocycles. The van der Waals surface area contributed by atoms with Crippen LogP contribution in [0.2, 0.25) is 0 Å². The summed E-state index contributed by atoms with van der Waals surface area (Å²) in [5.74, 6) is -1.98. The number of carbonyl (C=O) groups is 4. The number of pyridine rings is 1. The summed E-state index contributed by atoms with van der Waals surface area (Å²) in [6, 6.07) is 0.788. The molecule has 0 aliphatic carbocycles. The predicted molar refractivity (Wildman–Crippen MR) is 140 cm³/mol. The molecule has 0 fully saturated rings. The first-order valence-corrected chi connectivity index (χ1v) is 12.2. The zero-order valence-electron chi connectivity index (χ0n) is 22.4. The second-order valence-corrected chi connectivity index (χ2v) is 9.62. The molecular formula is C26H35N5O7. The number of unbranched alkanes of at least 4 members (excludes halogenated alkanes) is 2. The Morgan fingerprint density at radius 2 is 1.82 bits per heavy atom. The van der Waals surface area contributed by atoms with Crippen LogP contribution in [0.25, 0.3) is 17.1 Å². The van der Waals surface area contributed by atoms with Crippen molar-refractivity contribution < 1.29 is 33.8 Å². The monoisotopic (exact) mass is 529 g/mol. The first kappa shape index (κ1) is 30.1. The molecule has 3 N–H and O–H groups in total. The summed E-state index contributed by atoms with van der Waals surface area (Å²) in [5.41, 5.74) is 0.339. The number of anilines is 1. The molecule has 12 heteroatoms. The third-order valence-corrected chi connectivity index (χ3v) is 5.48. The molecule has 1 atom stereocenters. The molecular weight excluding hydrogens is 494 g/mol. The van der Waals surface area contributed by atoms with Crippen molar-refractivity contribution in [2.45, 2.75) is 65.3 Å². The molecule has 0 spiro atoms. The van der Waals surface area contributed by atoms with E-state index in [-0.39, 0.29) is 48.6 Å². The van der Waals surface area contributed by atoms with Crippen LogP contribution in [0.15, 0.2) is 18.3 Å². The maximum Gasteiger partial charge on any atom is 0.328 e. The summed E-state index contributed by atoms with van der Waals surface area (Å²) in [6.45, 7) is 5.27. The van der Waals surface area contributed by atoms with E-state index in [9.17, 15) is 24.3 Å². The van der Waals surface area contributed by atoms with Crippen LogP contribution < -0.4 is 10.6 Å². The number of hydrogen-bond acceptors (Lipinski definition) is 10. The lowest BCUT2D eigenvalue weighted by molar-refractivity contribution is -0.146. The minimum Gasteiger partial charge on any atom is -0.493 e. The quantitative estimate of drug-likeness (QED) is 0.274. The van der Waals surface area contributed by atoms with Gasteiger partial charge in [-0.1, -0.05) is 32.9 Å². The van der Waals surface area contributed by atoms with Gasteiger partial charge < -0.3 is 19.9 Å². The number of carbonyl (C=O) groups excluding carboxylic acids is 4. The Kier molecular flexibility index (Phi) is 11.1. The van der Waals surface area contributed by atoms with E-state index >= 15 is 0 Å². The number of nitrogens with zero attached hydrogens (tertiary/aromatic N) is 3. The highest BCUT2D eigenvalue weighted by Gasteiger charge is 2.23. The molecule has 0 radical (unpaired) electrons. The lowest BCUT2D eigenvalue weighted by Crippen LogP contribution is -2.41. The van der Waals surface area contributed by atoms with Crippen LogP contribution in [-0.2, 0) is 28.7 Å². The van der Waals surface area contributed by atoms with Gasteiger partial charge in [-0.3, -0.25) is 19.7 Å². The number of hydrogen-bond donors (Lipinski definition) is 3. The first-order chi connectivity index (χ1) is 17.9. The summed E-state index contributed by atoms with van der Waals surface area (Å²) >= 11 is 0. The number of fused-ring (bicyclic) bond motifs is 1. The average Bonchev–Trinajstić information content (AvgIpc) is 2.87. The third kappa shape index (κ3) is 9.41. The molecule has 38 heavy (non-hydrogen) atoms. The van der Waals surface area contributed by atoms with Crippen LogP contribution in [-0.4, -0.2) is 64.1 Å². The van der Waals surface area contributed by atoms with E-state index in [1.165, 1.54) is 14.2 Å². The molecule has 206 valence electrons. The van der Waals surface area contributed by atoms with Crippen molar-refractivity contribution >= 4 is 46.8 Å². The first-order valence-electron chi connectivity index (χ1n) is 12.2. The highest BCUT2D eigenvalue weighted by Crippen LogP contribution is 2.24. The number of nitrogens with one attached hydrogen (secondary N) is 2. The van der Waals surface area contributed by atoms with Gasteiger partial charge in [0.25, 0.3) is 0 Å². The van der Waals surface area contributed by atoms with Gasteiger partial charge in [0, 0.05) is 24.5 Å². The molecule has 2 aromatic heterocycles. The lowest BCUT2D eigenvalue weighted by Gasteiger charge is -2.16. The fourth-order valence-electron chi connectivity index (χ4n) is 3.24. The van der Waals surface area contributed by atoms with Crippen molar-refractivity contribution in [2.75, 3.05) is 19.5 Å². The minimum absolute atomic E-state index is 0.0101. The number of rotatable bonds is 12. The number of methoxy groups -OCH3 is 2. The van der Waals surface area contributed by atoms with E-state index < -0.39 is 23.4 Å². The van der Waals surface area contributed by atoms with Gasteiger partial charge in [0.1, 0.15) is 6.04 Å². The van der Waals surface area contributed by atoms with Crippen LogP contribution >= 0.6 is 0 Å². The minimum atomic E-state index is -0.905. The summed E-state index contributed by atoms with van der Waals surface area (Å²) in [4.78, 5) is 59.9.